The van der Waals surface area contributed by atoms with Gasteiger partial charge >= 0.3 is 0 Å². The second-order valence-electron chi connectivity index (χ2n) is 5.52. The van der Waals surface area contributed by atoms with Crippen LogP contribution < -0.4 is 5.73 Å². The third-order valence-corrected chi connectivity index (χ3v) is 5.22. The van der Waals surface area contributed by atoms with E-state index in [2.05, 4.69) is 29.8 Å². The standard InChI is InChI=1S/C13H19BrN2OS/c1-13(2)4-3-10(15)7-16(13)12(17)6-11-5-9(14)8-18-11/h5,8,10H,3-4,6-7,15H2,1-2H3. The minimum atomic E-state index is -0.0680. The molecular formula is C13H19BrN2OS. The Labute approximate surface area is 120 Å². The molecule has 0 spiro atoms. The van der Waals surface area contributed by atoms with Gasteiger partial charge in [0.2, 0.25) is 5.91 Å². The average molecular weight is 331 g/mol. The Morgan fingerprint density at radius 1 is 1.67 bits per heavy atom. The first kappa shape index (κ1) is 14.0. The minimum Gasteiger partial charge on any atom is -0.336 e. The van der Waals surface area contributed by atoms with Crippen molar-refractivity contribution in [3.05, 3.63) is 20.8 Å². The zero-order valence-corrected chi connectivity index (χ0v) is 13.2. The molecular weight excluding hydrogens is 312 g/mol. The molecule has 1 unspecified atom stereocenters. The molecule has 0 aliphatic carbocycles. The zero-order chi connectivity index (χ0) is 13.3. The van der Waals surface area contributed by atoms with E-state index in [1.165, 1.54) is 0 Å². The molecule has 0 saturated carbocycles. The first-order valence-electron chi connectivity index (χ1n) is 6.17. The van der Waals surface area contributed by atoms with Crippen molar-refractivity contribution < 1.29 is 4.79 Å². The van der Waals surface area contributed by atoms with Crippen LogP contribution in [0, 0.1) is 0 Å². The van der Waals surface area contributed by atoms with Crippen LogP contribution in [0.4, 0.5) is 0 Å². The summed E-state index contributed by atoms with van der Waals surface area (Å²) in [7, 11) is 0. The highest BCUT2D eigenvalue weighted by molar-refractivity contribution is 9.10. The molecule has 1 aliphatic heterocycles. The number of hydrogen-bond acceptors (Lipinski definition) is 3. The molecule has 2 heterocycles. The van der Waals surface area contributed by atoms with Gasteiger partial charge in [-0.05, 0) is 48.7 Å². The fourth-order valence-electron chi connectivity index (χ4n) is 2.38. The smallest absolute Gasteiger partial charge is 0.228 e. The quantitative estimate of drug-likeness (QED) is 0.906. The molecule has 1 aliphatic rings. The Morgan fingerprint density at radius 2 is 2.39 bits per heavy atom. The van der Waals surface area contributed by atoms with Crippen LogP contribution in [-0.4, -0.2) is 28.9 Å². The van der Waals surface area contributed by atoms with Crippen molar-refractivity contribution >= 4 is 33.2 Å². The van der Waals surface area contributed by atoms with E-state index in [1.54, 1.807) is 11.3 Å². The van der Waals surface area contributed by atoms with Crippen molar-refractivity contribution in [1.82, 2.24) is 4.90 Å². The first-order chi connectivity index (χ1) is 8.38. The molecule has 0 aromatic carbocycles. The molecule has 1 aromatic rings. The van der Waals surface area contributed by atoms with Gasteiger partial charge < -0.3 is 10.6 Å². The molecule has 0 radical (unpaired) electrons. The summed E-state index contributed by atoms with van der Waals surface area (Å²) >= 11 is 5.03. The summed E-state index contributed by atoms with van der Waals surface area (Å²) < 4.78 is 1.05. The molecule has 3 nitrogen and oxygen atoms in total. The van der Waals surface area contributed by atoms with Gasteiger partial charge in [-0.15, -0.1) is 11.3 Å². The van der Waals surface area contributed by atoms with Gasteiger partial charge in [0.1, 0.15) is 0 Å². The molecule has 1 fully saturated rings. The van der Waals surface area contributed by atoms with Crippen LogP contribution in [0.1, 0.15) is 31.6 Å². The topological polar surface area (TPSA) is 46.3 Å². The molecule has 2 rings (SSSR count). The largest absolute Gasteiger partial charge is 0.336 e. The maximum Gasteiger partial charge on any atom is 0.228 e. The molecule has 1 saturated heterocycles. The van der Waals surface area contributed by atoms with E-state index in [-0.39, 0.29) is 17.5 Å². The maximum absolute atomic E-state index is 12.4. The summed E-state index contributed by atoms with van der Waals surface area (Å²) in [5.41, 5.74) is 5.91. The van der Waals surface area contributed by atoms with Gasteiger partial charge in [0, 0.05) is 32.9 Å². The molecule has 0 bridgehead atoms. The van der Waals surface area contributed by atoms with Gasteiger partial charge in [0.05, 0.1) is 6.42 Å². The van der Waals surface area contributed by atoms with Gasteiger partial charge in [-0.25, -0.2) is 0 Å². The summed E-state index contributed by atoms with van der Waals surface area (Å²) in [6.07, 6.45) is 2.46. The predicted octanol–water partition coefficient (Wildman–Crippen LogP) is 2.78. The summed E-state index contributed by atoms with van der Waals surface area (Å²) in [5.74, 6) is 0.185. The van der Waals surface area contributed by atoms with Crippen molar-refractivity contribution in [3.8, 4) is 0 Å². The minimum absolute atomic E-state index is 0.0680. The molecule has 5 heteroatoms. The lowest BCUT2D eigenvalue weighted by molar-refractivity contribution is -0.138. The van der Waals surface area contributed by atoms with E-state index in [1.807, 2.05) is 16.3 Å². The molecule has 100 valence electrons. The second-order valence-corrected chi connectivity index (χ2v) is 7.44. The van der Waals surface area contributed by atoms with Gasteiger partial charge in [0.15, 0.2) is 0 Å². The summed E-state index contributed by atoms with van der Waals surface area (Å²) in [6, 6.07) is 2.14. The normalized spacial score (nSPS) is 23.1. The van der Waals surface area contributed by atoms with Crippen molar-refractivity contribution in [2.45, 2.75) is 44.7 Å². The van der Waals surface area contributed by atoms with E-state index in [4.69, 9.17) is 5.73 Å². The molecule has 2 N–H and O–H groups in total. The number of hydrogen-bond donors (Lipinski definition) is 1. The second kappa shape index (κ2) is 5.31. The molecule has 1 atom stereocenters. The number of carbonyl (C=O) groups excluding carboxylic acids is 1. The fourth-order valence-corrected chi connectivity index (χ4v) is 3.82. The van der Waals surface area contributed by atoms with Gasteiger partial charge in [-0.1, -0.05) is 0 Å². The van der Waals surface area contributed by atoms with Crippen molar-refractivity contribution in [3.63, 3.8) is 0 Å². The summed E-state index contributed by atoms with van der Waals surface area (Å²) in [6.45, 7) is 4.93. The van der Waals surface area contributed by atoms with Gasteiger partial charge in [-0.3, -0.25) is 4.79 Å². The maximum atomic E-state index is 12.4. The molecule has 1 amide bonds. The highest BCUT2D eigenvalue weighted by Gasteiger charge is 2.35. The van der Waals surface area contributed by atoms with Gasteiger partial charge in [-0.2, -0.15) is 0 Å². The van der Waals surface area contributed by atoms with Crippen LogP contribution in [0.15, 0.2) is 15.9 Å². The number of rotatable bonds is 2. The van der Waals surface area contributed by atoms with E-state index in [0.29, 0.717) is 13.0 Å². The molecule has 1 aromatic heterocycles. The van der Waals surface area contributed by atoms with E-state index >= 15 is 0 Å². The number of thiophene rings is 1. The van der Waals surface area contributed by atoms with Crippen LogP contribution in [0.25, 0.3) is 0 Å². The summed E-state index contributed by atoms with van der Waals surface area (Å²) in [5, 5.41) is 2.01. The predicted molar refractivity (Wildman–Crippen MR) is 78.7 cm³/mol. The summed E-state index contributed by atoms with van der Waals surface area (Å²) in [4.78, 5) is 15.5. The lowest BCUT2D eigenvalue weighted by Gasteiger charge is -2.44. The average Bonchev–Trinajstić information content (AvgIpc) is 2.67. The fraction of sp³-hybridized carbons (Fsp3) is 0.615. The third-order valence-electron chi connectivity index (χ3n) is 3.52. The van der Waals surface area contributed by atoms with E-state index < -0.39 is 0 Å². The van der Waals surface area contributed by atoms with Crippen LogP contribution in [0.3, 0.4) is 0 Å². The van der Waals surface area contributed by atoms with Crippen molar-refractivity contribution in [2.24, 2.45) is 5.73 Å². The number of carbonyl (C=O) groups is 1. The Hall–Kier alpha value is -0.390. The molecule has 18 heavy (non-hydrogen) atoms. The Kier molecular flexibility index (Phi) is 4.14. The van der Waals surface area contributed by atoms with Crippen LogP contribution in [-0.2, 0) is 11.2 Å². The number of amides is 1. The first-order valence-corrected chi connectivity index (χ1v) is 7.85. The van der Waals surface area contributed by atoms with Crippen molar-refractivity contribution in [1.29, 1.82) is 0 Å². The van der Waals surface area contributed by atoms with Crippen molar-refractivity contribution in [2.75, 3.05) is 6.54 Å². The number of nitrogens with two attached hydrogens (primary N) is 1. The lowest BCUT2D eigenvalue weighted by atomic mass is 9.88. The van der Waals surface area contributed by atoms with Gasteiger partial charge in [0.25, 0.3) is 0 Å². The number of nitrogens with zero attached hydrogens (tertiary/aromatic N) is 1. The SMILES string of the molecule is CC1(C)CCC(N)CN1C(=O)Cc1cc(Br)cs1. The number of halogens is 1. The highest BCUT2D eigenvalue weighted by atomic mass is 79.9. The number of piperidine rings is 1. The number of likely N-dealkylation sites (tertiary alicyclic amines) is 1. The Morgan fingerprint density at radius 3 is 3.00 bits per heavy atom. The van der Waals surface area contributed by atoms with Crippen LogP contribution >= 0.6 is 27.3 Å². The van der Waals surface area contributed by atoms with E-state index in [0.717, 1.165) is 22.2 Å². The lowest BCUT2D eigenvalue weighted by Crippen LogP contribution is -2.57. The zero-order valence-electron chi connectivity index (χ0n) is 10.8. The monoisotopic (exact) mass is 330 g/mol. The highest BCUT2D eigenvalue weighted by Crippen LogP contribution is 2.28. The van der Waals surface area contributed by atoms with Crippen LogP contribution in [0.5, 0.6) is 0 Å². The Balaban J connectivity index is 2.07. The Bertz CT molecular complexity index is 444. The third kappa shape index (κ3) is 3.13. The van der Waals surface area contributed by atoms with E-state index in [9.17, 15) is 4.79 Å². The van der Waals surface area contributed by atoms with Crippen LogP contribution in [0.2, 0.25) is 0 Å².